The molecule has 25 heavy (non-hydrogen) atoms. The van der Waals surface area contributed by atoms with E-state index in [1.54, 1.807) is 14.0 Å². The zero-order valence-corrected chi connectivity index (χ0v) is 15.2. The predicted molar refractivity (Wildman–Crippen MR) is 94.0 cm³/mol. The number of nitrogens with two attached hydrogens (primary N) is 1. The number of aromatic nitrogens is 2. The maximum Gasteiger partial charge on any atom is 0.344 e. The van der Waals surface area contributed by atoms with Crippen LogP contribution in [0.3, 0.4) is 0 Å². The van der Waals surface area contributed by atoms with Crippen molar-refractivity contribution in [2.24, 2.45) is 18.0 Å². The van der Waals surface area contributed by atoms with Crippen molar-refractivity contribution in [3.05, 3.63) is 33.4 Å². The van der Waals surface area contributed by atoms with Crippen molar-refractivity contribution in [2.75, 3.05) is 0 Å². The molecule has 0 fully saturated rings. The van der Waals surface area contributed by atoms with E-state index in [0.29, 0.717) is 17.1 Å². The smallest absolute Gasteiger partial charge is 0.344 e. The highest BCUT2D eigenvalue weighted by atomic mass is 35.5. The Labute approximate surface area is 153 Å². The molecule has 0 aliphatic carbocycles. The van der Waals surface area contributed by atoms with Crippen molar-refractivity contribution in [1.82, 2.24) is 9.78 Å². The molecule has 0 unspecified atom stereocenters. The number of carbonyl (C=O) groups is 1. The number of hydrogen-bond acceptors (Lipinski definition) is 6. The topological polar surface area (TPSA) is 112 Å². The average Bonchev–Trinajstić information content (AvgIpc) is 2.78. The predicted octanol–water partition coefficient (Wildman–Crippen LogP) is 2.97. The van der Waals surface area contributed by atoms with Crippen LogP contribution < -0.4 is 15.3 Å². The fourth-order valence-corrected chi connectivity index (χ4v) is 2.49. The van der Waals surface area contributed by atoms with Crippen LogP contribution in [0.2, 0.25) is 10.0 Å². The van der Waals surface area contributed by atoms with Crippen LogP contribution >= 0.6 is 23.2 Å². The Bertz CT molecular complexity index is 835. The van der Waals surface area contributed by atoms with Crippen LogP contribution in [0.25, 0.3) is 0 Å². The number of benzene rings is 1. The summed E-state index contributed by atoms with van der Waals surface area (Å²) in [4.78, 5) is 11.0. The third-order valence-corrected chi connectivity index (χ3v) is 3.85. The summed E-state index contributed by atoms with van der Waals surface area (Å²) in [6.45, 7) is 3.16. The summed E-state index contributed by atoms with van der Waals surface area (Å²) in [6, 6.07) is 2.82. The van der Waals surface area contributed by atoms with Gasteiger partial charge < -0.3 is 20.4 Å². The van der Waals surface area contributed by atoms with Gasteiger partial charge in [-0.15, -0.1) is 0 Å². The average molecular weight is 387 g/mol. The van der Waals surface area contributed by atoms with Gasteiger partial charge in [-0.2, -0.15) is 10.2 Å². The van der Waals surface area contributed by atoms with Gasteiger partial charge in [0.25, 0.3) is 0 Å². The second kappa shape index (κ2) is 7.62. The second-order valence-electron chi connectivity index (χ2n) is 5.12. The van der Waals surface area contributed by atoms with Gasteiger partial charge in [-0.1, -0.05) is 23.2 Å². The number of hydrazone groups is 1. The Kier molecular flexibility index (Phi) is 5.76. The molecule has 3 N–H and O–H groups in total. The molecule has 0 bridgehead atoms. The van der Waals surface area contributed by atoms with E-state index in [1.807, 2.05) is 0 Å². The number of aliphatic carboxylic acids is 1. The van der Waals surface area contributed by atoms with Crippen molar-refractivity contribution in [3.8, 4) is 17.4 Å². The number of carboxylic acid groups (broad SMARTS) is 1. The van der Waals surface area contributed by atoms with Crippen LogP contribution in [-0.4, -0.2) is 33.2 Å². The van der Waals surface area contributed by atoms with E-state index in [-0.39, 0.29) is 21.5 Å². The van der Waals surface area contributed by atoms with Crippen LogP contribution in [0.1, 0.15) is 18.2 Å². The summed E-state index contributed by atoms with van der Waals surface area (Å²) in [7, 11) is 1.68. The van der Waals surface area contributed by atoms with Crippen molar-refractivity contribution >= 4 is 35.4 Å². The summed E-state index contributed by atoms with van der Waals surface area (Å²) >= 11 is 12.2. The first-order valence-electron chi connectivity index (χ1n) is 7.07. The molecule has 8 nitrogen and oxygen atoms in total. The summed E-state index contributed by atoms with van der Waals surface area (Å²) in [5.74, 6) is 4.79. The summed E-state index contributed by atoms with van der Waals surface area (Å²) in [5.41, 5.74) is 1.24. The first-order valence-corrected chi connectivity index (χ1v) is 7.83. The van der Waals surface area contributed by atoms with Crippen LogP contribution in [0.5, 0.6) is 17.4 Å². The number of aryl methyl sites for hydroxylation is 2. The van der Waals surface area contributed by atoms with Gasteiger partial charge >= 0.3 is 5.97 Å². The van der Waals surface area contributed by atoms with E-state index >= 15 is 0 Å². The van der Waals surface area contributed by atoms with E-state index in [9.17, 15) is 4.79 Å². The van der Waals surface area contributed by atoms with Crippen molar-refractivity contribution in [3.63, 3.8) is 0 Å². The summed E-state index contributed by atoms with van der Waals surface area (Å²) < 4.78 is 12.6. The molecule has 0 saturated carbocycles. The summed E-state index contributed by atoms with van der Waals surface area (Å²) in [6.07, 6.45) is 0.316. The lowest BCUT2D eigenvalue weighted by Gasteiger charge is -2.15. The molecule has 1 atom stereocenters. The van der Waals surface area contributed by atoms with Crippen molar-refractivity contribution in [1.29, 1.82) is 0 Å². The number of nitrogens with zero attached hydrogens (tertiary/aromatic N) is 3. The number of halogens is 2. The molecule has 0 spiro atoms. The molecular formula is C15H16Cl2N4O4. The molecule has 0 amide bonds. The molecule has 0 saturated heterocycles. The Morgan fingerprint density at radius 1 is 1.40 bits per heavy atom. The molecule has 134 valence electrons. The summed E-state index contributed by atoms with van der Waals surface area (Å²) in [5, 5.41) is 17.1. The Morgan fingerprint density at radius 2 is 2.04 bits per heavy atom. The fourth-order valence-electron chi connectivity index (χ4n) is 2.02. The number of ether oxygens (including phenoxy) is 2. The van der Waals surface area contributed by atoms with Crippen LogP contribution in [-0.2, 0) is 11.8 Å². The molecule has 2 rings (SSSR count). The van der Waals surface area contributed by atoms with Crippen LogP contribution in [0.15, 0.2) is 17.2 Å². The quantitative estimate of drug-likeness (QED) is 0.448. The maximum absolute atomic E-state index is 11.0. The first-order chi connectivity index (χ1) is 11.7. The lowest BCUT2D eigenvalue weighted by atomic mass is 10.2. The van der Waals surface area contributed by atoms with E-state index in [0.717, 1.165) is 0 Å². The number of rotatable bonds is 6. The lowest BCUT2D eigenvalue weighted by Crippen LogP contribution is -2.23. The Balaban J connectivity index is 2.42. The molecule has 0 aliphatic rings. The standard InChI is InChI=1S/C15H16Cl2N4O4/c1-7-9(6-19-18)14(21(3)20-7)25-13-5-12(10(16)4-11(13)17)24-8(2)15(22)23/h4-6,8H,18H2,1-3H3,(H,22,23)/t8-/m0/s1. The minimum absolute atomic E-state index is 0.129. The van der Waals surface area contributed by atoms with Gasteiger partial charge in [-0.3, -0.25) is 0 Å². The highest BCUT2D eigenvalue weighted by molar-refractivity contribution is 6.36. The van der Waals surface area contributed by atoms with Gasteiger partial charge in [0.2, 0.25) is 5.88 Å². The number of hydrogen-bond donors (Lipinski definition) is 2. The van der Waals surface area contributed by atoms with E-state index in [1.165, 1.54) is 30.0 Å². The van der Waals surface area contributed by atoms with Gasteiger partial charge in [-0.25, -0.2) is 9.48 Å². The second-order valence-corrected chi connectivity index (χ2v) is 5.93. The monoisotopic (exact) mass is 386 g/mol. The van der Waals surface area contributed by atoms with Crippen LogP contribution in [0.4, 0.5) is 0 Å². The highest BCUT2D eigenvalue weighted by Crippen LogP contribution is 2.39. The molecule has 2 aromatic rings. The minimum Gasteiger partial charge on any atom is -0.479 e. The Morgan fingerprint density at radius 3 is 2.64 bits per heavy atom. The minimum atomic E-state index is -1.13. The molecule has 0 radical (unpaired) electrons. The molecule has 10 heteroatoms. The first kappa shape index (κ1) is 18.9. The maximum atomic E-state index is 11.0. The van der Waals surface area contributed by atoms with Gasteiger partial charge in [0.1, 0.15) is 5.75 Å². The highest BCUT2D eigenvalue weighted by Gasteiger charge is 2.19. The fraction of sp³-hybridized carbons (Fsp3) is 0.267. The third kappa shape index (κ3) is 4.15. The SMILES string of the molecule is Cc1nn(C)c(Oc2cc(O[C@@H](C)C(=O)O)c(Cl)cc2Cl)c1C=NN. The van der Waals surface area contributed by atoms with Crippen molar-refractivity contribution < 1.29 is 19.4 Å². The van der Waals surface area contributed by atoms with Crippen molar-refractivity contribution in [2.45, 2.75) is 20.0 Å². The largest absolute Gasteiger partial charge is 0.479 e. The van der Waals surface area contributed by atoms with Gasteiger partial charge in [0.15, 0.2) is 11.9 Å². The normalized spacial score (nSPS) is 12.4. The number of carboxylic acids is 1. The van der Waals surface area contributed by atoms with E-state index in [2.05, 4.69) is 10.2 Å². The van der Waals surface area contributed by atoms with E-state index in [4.69, 9.17) is 43.6 Å². The zero-order valence-electron chi connectivity index (χ0n) is 13.7. The molecule has 1 heterocycles. The zero-order chi connectivity index (χ0) is 18.7. The van der Waals surface area contributed by atoms with Crippen LogP contribution in [0, 0.1) is 6.92 Å². The molecule has 0 aliphatic heterocycles. The van der Waals surface area contributed by atoms with Gasteiger partial charge in [0, 0.05) is 13.1 Å². The molecular weight excluding hydrogens is 371 g/mol. The molecule has 1 aromatic carbocycles. The van der Waals surface area contributed by atoms with Gasteiger partial charge in [-0.05, 0) is 19.9 Å². The molecule has 1 aromatic heterocycles. The van der Waals surface area contributed by atoms with Gasteiger partial charge in [0.05, 0.1) is 27.5 Å². The third-order valence-electron chi connectivity index (χ3n) is 3.26. The Hall–Kier alpha value is -2.45. The van der Waals surface area contributed by atoms with E-state index < -0.39 is 12.1 Å². The lowest BCUT2D eigenvalue weighted by molar-refractivity contribution is -0.144.